The van der Waals surface area contributed by atoms with E-state index in [1.165, 1.54) is 6.33 Å². The molecule has 18 heavy (non-hydrogen) atoms. The van der Waals surface area contributed by atoms with Crippen molar-refractivity contribution in [1.29, 1.82) is 0 Å². The first-order chi connectivity index (χ1) is 8.78. The predicted molar refractivity (Wildman–Crippen MR) is 66.4 cm³/mol. The van der Waals surface area contributed by atoms with E-state index in [1.54, 1.807) is 0 Å². The maximum Gasteiger partial charge on any atom is 0.224 e. The number of anilines is 1. The van der Waals surface area contributed by atoms with Gasteiger partial charge >= 0.3 is 0 Å². The number of benzene rings is 1. The second-order valence-corrected chi connectivity index (χ2v) is 4.20. The molecule has 3 rings (SSSR count). The van der Waals surface area contributed by atoms with Gasteiger partial charge in [-0.1, -0.05) is 6.07 Å². The van der Waals surface area contributed by atoms with Crippen LogP contribution in [0.4, 0.5) is 5.69 Å². The van der Waals surface area contributed by atoms with Crippen LogP contribution in [0.25, 0.3) is 11.3 Å². The number of aldehydes is 1. The van der Waals surface area contributed by atoms with Crippen LogP contribution in [0.15, 0.2) is 24.5 Å². The van der Waals surface area contributed by atoms with Crippen LogP contribution < -0.4 is 5.32 Å². The van der Waals surface area contributed by atoms with E-state index >= 15 is 0 Å². The number of nitrogens with zero attached hydrogens (tertiary/aromatic N) is 1. The van der Waals surface area contributed by atoms with Crippen LogP contribution in [0, 0.1) is 0 Å². The number of rotatable bonds is 2. The molecule has 1 aromatic heterocycles. The van der Waals surface area contributed by atoms with E-state index in [4.69, 9.17) is 0 Å². The van der Waals surface area contributed by atoms with E-state index in [9.17, 15) is 9.59 Å². The smallest absolute Gasteiger partial charge is 0.224 e. The number of hydrogen-bond acceptors (Lipinski definition) is 3. The van der Waals surface area contributed by atoms with Gasteiger partial charge in [-0.25, -0.2) is 4.98 Å². The van der Waals surface area contributed by atoms with E-state index in [2.05, 4.69) is 15.3 Å². The zero-order valence-corrected chi connectivity index (χ0v) is 9.56. The van der Waals surface area contributed by atoms with Crippen molar-refractivity contribution in [3.63, 3.8) is 0 Å². The maximum absolute atomic E-state index is 11.3. The Bertz CT molecular complexity index is 631. The Kier molecular flexibility index (Phi) is 2.44. The first-order valence-electron chi connectivity index (χ1n) is 5.69. The number of fused-ring (bicyclic) bond motifs is 1. The number of imidazole rings is 1. The zero-order valence-electron chi connectivity index (χ0n) is 9.56. The standard InChI is InChI=1S/C13H11N3O2/c17-6-11-13(15-7-14-11)9-1-3-10-8(5-9)2-4-12(18)16-10/h1,3,5-7H,2,4H2,(H,14,15)(H,16,18). The van der Waals surface area contributed by atoms with Gasteiger partial charge in [-0.3, -0.25) is 9.59 Å². The minimum absolute atomic E-state index is 0.0450. The van der Waals surface area contributed by atoms with Crippen LogP contribution in [0.5, 0.6) is 0 Å². The van der Waals surface area contributed by atoms with Crippen LogP contribution in [0.3, 0.4) is 0 Å². The maximum atomic E-state index is 11.3. The van der Waals surface area contributed by atoms with Gasteiger partial charge in [0.25, 0.3) is 0 Å². The van der Waals surface area contributed by atoms with Crippen molar-refractivity contribution in [1.82, 2.24) is 9.97 Å². The molecule has 2 aromatic rings. The Balaban J connectivity index is 2.05. The van der Waals surface area contributed by atoms with Gasteiger partial charge in [-0.2, -0.15) is 0 Å². The van der Waals surface area contributed by atoms with Crippen LogP contribution in [-0.4, -0.2) is 22.2 Å². The number of nitrogens with one attached hydrogen (secondary N) is 2. The van der Waals surface area contributed by atoms with E-state index < -0.39 is 0 Å². The third-order valence-corrected chi connectivity index (χ3v) is 3.06. The second-order valence-electron chi connectivity index (χ2n) is 4.20. The van der Waals surface area contributed by atoms with Crippen molar-refractivity contribution in [3.8, 4) is 11.3 Å². The summed E-state index contributed by atoms with van der Waals surface area (Å²) in [5.74, 6) is 0.0450. The summed E-state index contributed by atoms with van der Waals surface area (Å²) < 4.78 is 0. The summed E-state index contributed by atoms with van der Waals surface area (Å²) in [7, 11) is 0. The fourth-order valence-corrected chi connectivity index (χ4v) is 2.15. The lowest BCUT2D eigenvalue weighted by Crippen LogP contribution is -2.18. The molecule has 2 heterocycles. The molecule has 0 atom stereocenters. The molecule has 2 N–H and O–H groups in total. The molecule has 1 aromatic carbocycles. The molecule has 0 unspecified atom stereocenters. The van der Waals surface area contributed by atoms with E-state index in [0.29, 0.717) is 17.8 Å². The summed E-state index contributed by atoms with van der Waals surface area (Å²) in [5.41, 5.74) is 3.91. The molecule has 0 saturated heterocycles. The number of aryl methyl sites for hydroxylation is 1. The molecular weight excluding hydrogens is 230 g/mol. The van der Waals surface area contributed by atoms with Gasteiger partial charge in [0.15, 0.2) is 6.29 Å². The van der Waals surface area contributed by atoms with Gasteiger partial charge in [0.1, 0.15) is 5.69 Å². The summed E-state index contributed by atoms with van der Waals surface area (Å²) in [6, 6.07) is 5.68. The quantitative estimate of drug-likeness (QED) is 0.787. The molecule has 1 amide bonds. The van der Waals surface area contributed by atoms with Crippen LogP contribution in [0.1, 0.15) is 22.5 Å². The van der Waals surface area contributed by atoms with Gasteiger partial charge in [0.05, 0.1) is 12.0 Å². The summed E-state index contributed by atoms with van der Waals surface area (Å²) in [6.45, 7) is 0. The number of carbonyl (C=O) groups is 2. The number of aromatic nitrogens is 2. The molecule has 0 bridgehead atoms. The molecule has 1 aliphatic heterocycles. The summed E-state index contributed by atoms with van der Waals surface area (Å²) in [6.07, 6.45) is 3.47. The Morgan fingerprint density at radius 3 is 3.00 bits per heavy atom. The first-order valence-corrected chi connectivity index (χ1v) is 5.69. The SMILES string of the molecule is O=Cc1[nH]cnc1-c1ccc2c(c1)CCC(=O)N2. The Morgan fingerprint density at radius 1 is 1.28 bits per heavy atom. The number of aromatic amines is 1. The second kappa shape index (κ2) is 4.10. The molecule has 5 nitrogen and oxygen atoms in total. The monoisotopic (exact) mass is 241 g/mol. The fraction of sp³-hybridized carbons (Fsp3) is 0.154. The number of amides is 1. The average molecular weight is 241 g/mol. The van der Waals surface area contributed by atoms with E-state index in [0.717, 1.165) is 29.5 Å². The van der Waals surface area contributed by atoms with Crippen molar-refractivity contribution in [3.05, 3.63) is 35.8 Å². The molecular formula is C13H11N3O2. The topological polar surface area (TPSA) is 74.8 Å². The largest absolute Gasteiger partial charge is 0.342 e. The van der Waals surface area contributed by atoms with Crippen LogP contribution in [-0.2, 0) is 11.2 Å². The number of carbonyl (C=O) groups excluding carboxylic acids is 2. The average Bonchev–Trinajstić information content (AvgIpc) is 2.86. The predicted octanol–water partition coefficient (Wildman–Crippen LogP) is 1.77. The van der Waals surface area contributed by atoms with Crippen molar-refractivity contribution < 1.29 is 9.59 Å². The van der Waals surface area contributed by atoms with Crippen molar-refractivity contribution in [2.45, 2.75) is 12.8 Å². The third-order valence-electron chi connectivity index (χ3n) is 3.06. The van der Waals surface area contributed by atoms with Crippen molar-refractivity contribution >= 4 is 17.9 Å². The number of hydrogen-bond donors (Lipinski definition) is 2. The molecule has 0 radical (unpaired) electrons. The lowest BCUT2D eigenvalue weighted by molar-refractivity contribution is -0.116. The fourth-order valence-electron chi connectivity index (χ4n) is 2.15. The lowest BCUT2D eigenvalue weighted by atomic mass is 9.99. The highest BCUT2D eigenvalue weighted by atomic mass is 16.1. The van der Waals surface area contributed by atoms with Crippen LogP contribution in [0.2, 0.25) is 0 Å². The minimum atomic E-state index is 0.0450. The van der Waals surface area contributed by atoms with E-state index in [-0.39, 0.29) is 5.91 Å². The summed E-state index contributed by atoms with van der Waals surface area (Å²) >= 11 is 0. The normalized spacial score (nSPS) is 13.9. The molecule has 0 spiro atoms. The molecule has 1 aliphatic rings. The van der Waals surface area contributed by atoms with Gasteiger partial charge in [0, 0.05) is 17.7 Å². The van der Waals surface area contributed by atoms with Gasteiger partial charge in [-0.15, -0.1) is 0 Å². The molecule has 0 fully saturated rings. The highest BCUT2D eigenvalue weighted by molar-refractivity contribution is 5.94. The van der Waals surface area contributed by atoms with Gasteiger partial charge in [-0.05, 0) is 24.1 Å². The number of H-pyrrole nitrogens is 1. The molecule has 5 heteroatoms. The third kappa shape index (κ3) is 1.69. The zero-order chi connectivity index (χ0) is 12.5. The molecule has 90 valence electrons. The summed E-state index contributed by atoms with van der Waals surface area (Å²) in [4.78, 5) is 29.1. The van der Waals surface area contributed by atoms with Crippen molar-refractivity contribution in [2.24, 2.45) is 0 Å². The van der Waals surface area contributed by atoms with Gasteiger partial charge in [0.2, 0.25) is 5.91 Å². The van der Waals surface area contributed by atoms with Gasteiger partial charge < -0.3 is 10.3 Å². The Labute approximate surface area is 103 Å². The first kappa shape index (κ1) is 10.7. The lowest BCUT2D eigenvalue weighted by Gasteiger charge is -2.17. The Hall–Kier alpha value is -2.43. The minimum Gasteiger partial charge on any atom is -0.342 e. The van der Waals surface area contributed by atoms with Crippen molar-refractivity contribution in [2.75, 3.05) is 5.32 Å². The summed E-state index contributed by atoms with van der Waals surface area (Å²) in [5, 5.41) is 2.82. The van der Waals surface area contributed by atoms with E-state index in [1.807, 2.05) is 18.2 Å². The highest BCUT2D eigenvalue weighted by Gasteiger charge is 2.16. The highest BCUT2D eigenvalue weighted by Crippen LogP contribution is 2.28. The van der Waals surface area contributed by atoms with Crippen LogP contribution >= 0.6 is 0 Å². The molecule has 0 saturated carbocycles. The molecule has 0 aliphatic carbocycles. The Morgan fingerprint density at radius 2 is 2.17 bits per heavy atom.